The minimum absolute atomic E-state index is 0.247. The first-order valence-corrected chi connectivity index (χ1v) is 7.27. The molecule has 2 heterocycles. The molecule has 0 saturated carbocycles. The minimum Gasteiger partial charge on any atom is -0.465 e. The molecule has 6 heteroatoms. The van der Waals surface area contributed by atoms with Gasteiger partial charge in [-0.15, -0.1) is 0 Å². The van der Waals surface area contributed by atoms with Crippen LogP contribution in [-0.2, 0) is 14.3 Å². The van der Waals surface area contributed by atoms with Gasteiger partial charge in [0.2, 0.25) is 5.96 Å². The highest BCUT2D eigenvalue weighted by molar-refractivity contribution is 6.18. The average Bonchev–Trinajstić information content (AvgIpc) is 2.47. The van der Waals surface area contributed by atoms with Crippen molar-refractivity contribution in [2.45, 2.75) is 45.6 Å². The number of esters is 1. The number of hydrogen-bond donors (Lipinski definition) is 0. The molecule has 0 aromatic rings. The molecule has 110 valence electrons. The number of carbonyl (C=O) groups excluding carboxylic acids is 2. The highest BCUT2D eigenvalue weighted by Crippen LogP contribution is 2.21. The molecule has 0 aromatic carbocycles. The SMILES string of the molecule is CCOC(=O)C1C=NC(N2CCCCC2CC)=NC1=O. The van der Waals surface area contributed by atoms with Crippen molar-refractivity contribution in [3.63, 3.8) is 0 Å². The smallest absolute Gasteiger partial charge is 0.324 e. The first kappa shape index (κ1) is 14.7. The molecule has 20 heavy (non-hydrogen) atoms. The van der Waals surface area contributed by atoms with E-state index in [0.29, 0.717) is 12.0 Å². The molecule has 0 radical (unpaired) electrons. The molecule has 1 saturated heterocycles. The fraction of sp³-hybridized carbons (Fsp3) is 0.714. The van der Waals surface area contributed by atoms with Gasteiger partial charge in [-0.3, -0.25) is 9.59 Å². The number of hydrogen-bond acceptors (Lipinski definition) is 5. The second kappa shape index (κ2) is 6.63. The van der Waals surface area contributed by atoms with Crippen LogP contribution in [0.3, 0.4) is 0 Å². The van der Waals surface area contributed by atoms with E-state index < -0.39 is 17.8 Å². The topological polar surface area (TPSA) is 71.3 Å². The van der Waals surface area contributed by atoms with Crippen LogP contribution in [-0.4, -0.2) is 48.1 Å². The van der Waals surface area contributed by atoms with E-state index in [2.05, 4.69) is 21.8 Å². The molecule has 0 spiro atoms. The predicted molar refractivity (Wildman–Crippen MR) is 75.7 cm³/mol. The summed E-state index contributed by atoms with van der Waals surface area (Å²) in [5, 5.41) is 0. The van der Waals surface area contributed by atoms with Crippen LogP contribution in [0.4, 0.5) is 0 Å². The Labute approximate surface area is 118 Å². The maximum Gasteiger partial charge on any atom is 0.324 e. The van der Waals surface area contributed by atoms with Gasteiger partial charge in [-0.05, 0) is 32.6 Å². The monoisotopic (exact) mass is 279 g/mol. The zero-order chi connectivity index (χ0) is 14.5. The van der Waals surface area contributed by atoms with Gasteiger partial charge in [0.1, 0.15) is 0 Å². The molecule has 2 atom stereocenters. The Morgan fingerprint density at radius 3 is 2.90 bits per heavy atom. The molecular formula is C14H21N3O3. The number of carbonyl (C=O) groups is 2. The lowest BCUT2D eigenvalue weighted by Gasteiger charge is -2.36. The quantitative estimate of drug-likeness (QED) is 0.578. The van der Waals surface area contributed by atoms with Crippen LogP contribution in [0.1, 0.15) is 39.5 Å². The Bertz CT molecular complexity index is 445. The summed E-state index contributed by atoms with van der Waals surface area (Å²) >= 11 is 0. The van der Waals surface area contributed by atoms with E-state index in [1.165, 1.54) is 12.6 Å². The summed E-state index contributed by atoms with van der Waals surface area (Å²) in [6.45, 7) is 4.94. The molecule has 0 bridgehead atoms. The van der Waals surface area contributed by atoms with Crippen molar-refractivity contribution in [1.82, 2.24) is 4.90 Å². The van der Waals surface area contributed by atoms with Crippen molar-refractivity contribution in [2.24, 2.45) is 15.9 Å². The van der Waals surface area contributed by atoms with E-state index in [4.69, 9.17) is 4.74 Å². The molecule has 2 aliphatic heterocycles. The standard InChI is InChI=1S/C14H21N3O3/c1-3-10-7-5-6-8-17(10)14-15-9-11(12(18)16-14)13(19)20-4-2/h9-11H,3-8H2,1-2H3. The van der Waals surface area contributed by atoms with Gasteiger partial charge in [0, 0.05) is 18.8 Å². The van der Waals surface area contributed by atoms with Gasteiger partial charge < -0.3 is 9.64 Å². The number of amides is 1. The third-order valence-corrected chi connectivity index (χ3v) is 3.71. The van der Waals surface area contributed by atoms with Crippen LogP contribution in [0.5, 0.6) is 0 Å². The molecule has 0 aliphatic carbocycles. The highest BCUT2D eigenvalue weighted by atomic mass is 16.5. The van der Waals surface area contributed by atoms with Gasteiger partial charge in [0.15, 0.2) is 5.92 Å². The number of likely N-dealkylation sites (tertiary alicyclic amines) is 1. The lowest BCUT2D eigenvalue weighted by Crippen LogP contribution is -2.45. The van der Waals surface area contributed by atoms with Gasteiger partial charge in [-0.1, -0.05) is 6.92 Å². The summed E-state index contributed by atoms with van der Waals surface area (Å²) in [7, 11) is 0. The molecule has 2 aliphatic rings. The summed E-state index contributed by atoms with van der Waals surface area (Å²) < 4.78 is 4.84. The fourth-order valence-corrected chi connectivity index (χ4v) is 2.62. The summed E-state index contributed by atoms with van der Waals surface area (Å²) in [4.78, 5) is 33.8. The first-order chi connectivity index (χ1) is 9.67. The first-order valence-electron chi connectivity index (χ1n) is 7.27. The number of piperidine rings is 1. The number of guanidine groups is 1. The average molecular weight is 279 g/mol. The summed E-state index contributed by atoms with van der Waals surface area (Å²) in [6, 6.07) is 0.381. The van der Waals surface area contributed by atoms with Gasteiger partial charge in [-0.25, -0.2) is 4.99 Å². The summed E-state index contributed by atoms with van der Waals surface area (Å²) in [5.41, 5.74) is 0. The third-order valence-electron chi connectivity index (χ3n) is 3.71. The van der Waals surface area contributed by atoms with Crippen LogP contribution in [0.15, 0.2) is 9.98 Å². The van der Waals surface area contributed by atoms with Gasteiger partial charge in [0.05, 0.1) is 6.61 Å². The van der Waals surface area contributed by atoms with Gasteiger partial charge in [-0.2, -0.15) is 4.99 Å². The minimum atomic E-state index is -0.983. The van der Waals surface area contributed by atoms with Gasteiger partial charge in [0.25, 0.3) is 5.91 Å². The second-order valence-electron chi connectivity index (χ2n) is 5.01. The van der Waals surface area contributed by atoms with E-state index in [1.807, 2.05) is 0 Å². The zero-order valence-electron chi connectivity index (χ0n) is 12.0. The van der Waals surface area contributed by atoms with Gasteiger partial charge >= 0.3 is 5.97 Å². The predicted octanol–water partition coefficient (Wildman–Crippen LogP) is 1.40. The molecule has 0 aromatic heterocycles. The number of nitrogens with zero attached hydrogens (tertiary/aromatic N) is 3. The van der Waals surface area contributed by atoms with E-state index in [0.717, 1.165) is 25.8 Å². The van der Waals surface area contributed by atoms with E-state index >= 15 is 0 Å². The van der Waals surface area contributed by atoms with Crippen molar-refractivity contribution in [2.75, 3.05) is 13.2 Å². The van der Waals surface area contributed by atoms with E-state index in [1.54, 1.807) is 6.92 Å². The van der Waals surface area contributed by atoms with Crippen LogP contribution >= 0.6 is 0 Å². The molecular weight excluding hydrogens is 258 g/mol. The molecule has 1 fully saturated rings. The lowest BCUT2D eigenvalue weighted by molar-refractivity contribution is -0.148. The summed E-state index contributed by atoms with van der Waals surface area (Å²) in [5.74, 6) is -1.59. The highest BCUT2D eigenvalue weighted by Gasteiger charge is 2.32. The Kier molecular flexibility index (Phi) is 4.87. The van der Waals surface area contributed by atoms with Crippen molar-refractivity contribution in [1.29, 1.82) is 0 Å². The van der Waals surface area contributed by atoms with E-state index in [-0.39, 0.29) is 6.61 Å². The number of ether oxygens (including phenoxy) is 1. The normalized spacial score (nSPS) is 26.4. The number of rotatable bonds is 3. The Morgan fingerprint density at radius 2 is 2.25 bits per heavy atom. The van der Waals surface area contributed by atoms with Crippen LogP contribution in [0.25, 0.3) is 0 Å². The third kappa shape index (κ3) is 3.05. The van der Waals surface area contributed by atoms with Crippen molar-refractivity contribution in [3.05, 3.63) is 0 Å². The number of aliphatic imine (C=N–C) groups is 2. The van der Waals surface area contributed by atoms with Crippen molar-refractivity contribution < 1.29 is 14.3 Å². The molecule has 2 unspecified atom stereocenters. The maximum absolute atomic E-state index is 12.0. The second-order valence-corrected chi connectivity index (χ2v) is 5.01. The van der Waals surface area contributed by atoms with Crippen LogP contribution < -0.4 is 0 Å². The van der Waals surface area contributed by atoms with Crippen LogP contribution in [0.2, 0.25) is 0 Å². The Balaban J connectivity index is 2.09. The van der Waals surface area contributed by atoms with Crippen molar-refractivity contribution >= 4 is 24.1 Å². The zero-order valence-corrected chi connectivity index (χ0v) is 12.0. The molecule has 1 amide bonds. The largest absolute Gasteiger partial charge is 0.465 e. The Morgan fingerprint density at radius 1 is 1.45 bits per heavy atom. The molecule has 2 rings (SSSR count). The molecule has 0 N–H and O–H groups in total. The lowest BCUT2D eigenvalue weighted by atomic mass is 10.0. The molecule has 6 nitrogen and oxygen atoms in total. The van der Waals surface area contributed by atoms with E-state index in [9.17, 15) is 9.59 Å². The summed E-state index contributed by atoms with van der Waals surface area (Å²) in [6.07, 6.45) is 5.75. The fourth-order valence-electron chi connectivity index (χ4n) is 2.62. The van der Waals surface area contributed by atoms with Crippen molar-refractivity contribution in [3.8, 4) is 0 Å². The maximum atomic E-state index is 12.0. The van der Waals surface area contributed by atoms with Crippen LogP contribution in [0, 0.1) is 5.92 Å². The Hall–Kier alpha value is -1.72.